The molecule has 156 valence electrons. The zero-order valence-electron chi connectivity index (χ0n) is 17.5. The van der Waals surface area contributed by atoms with Gasteiger partial charge in [-0.3, -0.25) is 4.79 Å². The van der Waals surface area contributed by atoms with Gasteiger partial charge in [0.25, 0.3) is 0 Å². The Morgan fingerprint density at radius 2 is 1.34 bits per heavy atom. The van der Waals surface area contributed by atoms with Crippen LogP contribution in [0.2, 0.25) is 0 Å². The minimum absolute atomic E-state index is 0.177. The van der Waals surface area contributed by atoms with E-state index in [2.05, 4.69) is 0 Å². The van der Waals surface area contributed by atoms with E-state index in [4.69, 9.17) is 9.47 Å². The van der Waals surface area contributed by atoms with E-state index in [0.717, 1.165) is 22.6 Å². The molecule has 0 aromatic heterocycles. The fourth-order valence-corrected chi connectivity index (χ4v) is 4.16. The molecule has 2 aromatic rings. The van der Waals surface area contributed by atoms with Crippen LogP contribution < -0.4 is 9.47 Å². The summed E-state index contributed by atoms with van der Waals surface area (Å²) in [7, 11) is 3.21. The summed E-state index contributed by atoms with van der Waals surface area (Å²) in [4.78, 5) is 14.8. The predicted molar refractivity (Wildman–Crippen MR) is 110 cm³/mol. The number of rotatable bonds is 7. The Hall–Kier alpha value is -2.57. The fraction of sp³-hybridized carbons (Fsp3) is 0.435. The van der Waals surface area contributed by atoms with Gasteiger partial charge in [0.05, 0.1) is 43.9 Å². The highest BCUT2D eigenvalue weighted by atomic mass is 16.5. The summed E-state index contributed by atoms with van der Waals surface area (Å²) >= 11 is 0. The summed E-state index contributed by atoms with van der Waals surface area (Å²) in [6.45, 7) is 4.94. The van der Waals surface area contributed by atoms with Crippen molar-refractivity contribution in [1.29, 1.82) is 0 Å². The minimum Gasteiger partial charge on any atom is -0.497 e. The molecule has 3 atom stereocenters. The lowest BCUT2D eigenvalue weighted by Gasteiger charge is -2.56. The van der Waals surface area contributed by atoms with Crippen LogP contribution in [0.5, 0.6) is 11.5 Å². The molecule has 0 unspecified atom stereocenters. The van der Waals surface area contributed by atoms with Crippen LogP contribution in [0.4, 0.5) is 0 Å². The van der Waals surface area contributed by atoms with Crippen LogP contribution in [0, 0.1) is 5.92 Å². The van der Waals surface area contributed by atoms with Crippen molar-refractivity contribution >= 4 is 5.91 Å². The number of hydrogen-bond acceptors (Lipinski definition) is 5. The van der Waals surface area contributed by atoms with Crippen molar-refractivity contribution in [3.63, 3.8) is 0 Å². The summed E-state index contributed by atoms with van der Waals surface area (Å²) in [5, 5.41) is 21.0. The average molecular weight is 399 g/mol. The van der Waals surface area contributed by atoms with Crippen molar-refractivity contribution in [3.05, 3.63) is 59.7 Å². The number of hydrogen-bond donors (Lipinski definition) is 2. The van der Waals surface area contributed by atoms with Gasteiger partial charge in [-0.25, -0.2) is 0 Å². The minimum atomic E-state index is -1.17. The molecule has 0 saturated carbocycles. The summed E-state index contributed by atoms with van der Waals surface area (Å²) < 4.78 is 10.5. The third-order valence-corrected chi connectivity index (χ3v) is 5.56. The molecule has 1 saturated heterocycles. The largest absolute Gasteiger partial charge is 0.497 e. The Morgan fingerprint density at radius 3 is 1.66 bits per heavy atom. The number of likely N-dealkylation sites (tertiary alicyclic amines) is 1. The van der Waals surface area contributed by atoms with E-state index in [-0.39, 0.29) is 5.91 Å². The number of methoxy groups -OCH3 is 2. The lowest BCUT2D eigenvalue weighted by atomic mass is 9.72. The molecule has 1 aliphatic heterocycles. The Morgan fingerprint density at radius 1 is 0.931 bits per heavy atom. The first-order chi connectivity index (χ1) is 13.7. The van der Waals surface area contributed by atoms with Crippen LogP contribution >= 0.6 is 0 Å². The zero-order valence-corrected chi connectivity index (χ0v) is 17.5. The van der Waals surface area contributed by atoms with Gasteiger partial charge in [-0.1, -0.05) is 24.3 Å². The maximum atomic E-state index is 13.1. The SMILES string of the molecule is COc1ccc(C(c2ccc(OC)cc2)N2C(=O)[C@H]([C@@H](C)O)[C@H]2C(C)(C)O)cc1. The second-order valence-electron chi connectivity index (χ2n) is 8.06. The Bertz CT molecular complexity index is 792. The maximum absolute atomic E-state index is 13.1. The lowest BCUT2D eigenvalue weighted by molar-refractivity contribution is -0.188. The molecule has 3 rings (SSSR count). The van der Waals surface area contributed by atoms with Crippen LogP contribution in [-0.2, 0) is 4.79 Å². The number of ether oxygens (including phenoxy) is 2. The third-order valence-electron chi connectivity index (χ3n) is 5.56. The van der Waals surface area contributed by atoms with Crippen molar-refractivity contribution in [1.82, 2.24) is 4.90 Å². The average Bonchev–Trinajstić information content (AvgIpc) is 2.69. The molecule has 1 aliphatic rings. The molecule has 6 heteroatoms. The first-order valence-electron chi connectivity index (χ1n) is 9.69. The van der Waals surface area contributed by atoms with Crippen molar-refractivity contribution in [2.45, 2.75) is 44.6 Å². The molecule has 1 fully saturated rings. The summed E-state index contributed by atoms with van der Waals surface area (Å²) in [5.41, 5.74) is 0.609. The highest BCUT2D eigenvalue weighted by Gasteiger charge is 2.58. The number of nitrogens with zero attached hydrogens (tertiary/aromatic N) is 1. The van der Waals surface area contributed by atoms with E-state index in [0.29, 0.717) is 0 Å². The van der Waals surface area contributed by atoms with Gasteiger partial charge in [0.1, 0.15) is 11.5 Å². The number of amides is 1. The molecular weight excluding hydrogens is 370 g/mol. The molecule has 0 bridgehead atoms. The normalized spacial score (nSPS) is 20.4. The lowest BCUT2D eigenvalue weighted by Crippen LogP contribution is -2.71. The van der Waals surface area contributed by atoms with Gasteiger partial charge in [-0.15, -0.1) is 0 Å². The topological polar surface area (TPSA) is 79.2 Å². The number of benzene rings is 2. The highest BCUT2D eigenvalue weighted by Crippen LogP contribution is 2.45. The molecule has 2 N–H and O–H groups in total. The van der Waals surface area contributed by atoms with Crippen LogP contribution in [0.1, 0.15) is 37.9 Å². The standard InChI is InChI=1S/C23H29NO5/c1-14(25)19-21(23(2,3)27)24(22(19)26)20(15-6-10-17(28-4)11-7-15)16-8-12-18(29-5)13-9-16/h6-14,19-21,25,27H,1-5H3/t14-,19-,21+/m1/s1. The van der Waals surface area contributed by atoms with Crippen LogP contribution in [0.15, 0.2) is 48.5 Å². The first-order valence-corrected chi connectivity index (χ1v) is 9.69. The molecule has 1 heterocycles. The second kappa shape index (κ2) is 8.05. The van der Waals surface area contributed by atoms with Gasteiger partial charge in [0, 0.05) is 0 Å². The predicted octanol–water partition coefficient (Wildman–Crippen LogP) is 2.77. The monoisotopic (exact) mass is 399 g/mol. The number of β-lactam (4-membered cyclic amide) rings is 1. The quantitative estimate of drug-likeness (QED) is 0.700. The maximum Gasteiger partial charge on any atom is 0.231 e. The van der Waals surface area contributed by atoms with E-state index >= 15 is 0 Å². The van der Waals surface area contributed by atoms with Gasteiger partial charge < -0.3 is 24.6 Å². The first kappa shape index (κ1) is 21.1. The number of aliphatic hydroxyl groups is 2. The highest BCUT2D eigenvalue weighted by molar-refractivity contribution is 5.88. The molecule has 0 radical (unpaired) electrons. The Labute approximate surface area is 171 Å². The van der Waals surface area contributed by atoms with Gasteiger partial charge >= 0.3 is 0 Å². The molecule has 2 aromatic carbocycles. The molecule has 29 heavy (non-hydrogen) atoms. The van der Waals surface area contributed by atoms with Crippen LogP contribution in [-0.4, -0.2) is 53.0 Å². The van der Waals surface area contributed by atoms with E-state index in [1.165, 1.54) is 0 Å². The summed E-state index contributed by atoms with van der Waals surface area (Å²) in [5.74, 6) is 0.619. The van der Waals surface area contributed by atoms with Gasteiger partial charge in [-0.2, -0.15) is 0 Å². The van der Waals surface area contributed by atoms with Gasteiger partial charge in [-0.05, 0) is 56.2 Å². The van der Waals surface area contributed by atoms with Crippen LogP contribution in [0.3, 0.4) is 0 Å². The molecule has 0 spiro atoms. The molecule has 0 aliphatic carbocycles. The smallest absolute Gasteiger partial charge is 0.231 e. The zero-order chi connectivity index (χ0) is 21.3. The molecule has 6 nitrogen and oxygen atoms in total. The third kappa shape index (κ3) is 3.95. The van der Waals surface area contributed by atoms with Gasteiger partial charge in [0.2, 0.25) is 5.91 Å². The number of carbonyl (C=O) groups is 1. The van der Waals surface area contributed by atoms with Crippen molar-refractivity contribution in [2.24, 2.45) is 5.92 Å². The van der Waals surface area contributed by atoms with E-state index in [1.54, 1.807) is 39.9 Å². The Balaban J connectivity index is 2.09. The van der Waals surface area contributed by atoms with Crippen LogP contribution in [0.25, 0.3) is 0 Å². The fourth-order valence-electron chi connectivity index (χ4n) is 4.16. The molecular formula is C23H29NO5. The van der Waals surface area contributed by atoms with Crippen molar-refractivity contribution < 1.29 is 24.5 Å². The molecule has 1 amide bonds. The van der Waals surface area contributed by atoms with Crippen molar-refractivity contribution in [2.75, 3.05) is 14.2 Å². The summed E-state index contributed by atoms with van der Waals surface area (Å²) in [6, 6.07) is 14.1. The van der Waals surface area contributed by atoms with E-state index in [9.17, 15) is 15.0 Å². The van der Waals surface area contributed by atoms with E-state index < -0.39 is 29.7 Å². The Kier molecular flexibility index (Phi) is 5.87. The summed E-state index contributed by atoms with van der Waals surface area (Å²) in [6.07, 6.45) is -0.845. The van der Waals surface area contributed by atoms with Gasteiger partial charge in [0.15, 0.2) is 0 Å². The number of carbonyl (C=O) groups excluding carboxylic acids is 1. The van der Waals surface area contributed by atoms with Crippen molar-refractivity contribution in [3.8, 4) is 11.5 Å². The second-order valence-corrected chi connectivity index (χ2v) is 8.06. The van der Waals surface area contributed by atoms with E-state index in [1.807, 2.05) is 48.5 Å². The number of aliphatic hydroxyl groups excluding tert-OH is 1.